The Bertz CT molecular complexity index is 947. The number of nitrogens with zero attached hydrogens (tertiary/aromatic N) is 2. The minimum atomic E-state index is -0.362. The predicted molar refractivity (Wildman–Crippen MR) is 108 cm³/mol. The fourth-order valence-electron chi connectivity index (χ4n) is 3.06. The molecular weight excluding hydrogens is 355 g/mol. The molecule has 28 heavy (non-hydrogen) atoms. The van der Waals surface area contributed by atoms with E-state index >= 15 is 0 Å². The van der Waals surface area contributed by atoms with Crippen LogP contribution in [0.25, 0.3) is 0 Å². The van der Waals surface area contributed by atoms with Crippen molar-refractivity contribution in [1.82, 2.24) is 9.47 Å². The molecule has 0 atom stereocenters. The van der Waals surface area contributed by atoms with Crippen LogP contribution >= 0.6 is 0 Å². The number of amides is 1. The summed E-state index contributed by atoms with van der Waals surface area (Å²) < 4.78 is 20.6. The van der Waals surface area contributed by atoms with Crippen LogP contribution in [0.4, 0.5) is 4.39 Å². The van der Waals surface area contributed by atoms with Crippen LogP contribution in [-0.4, -0.2) is 29.0 Å². The monoisotopic (exact) mass is 378 g/mol. The second-order valence-electron chi connectivity index (χ2n) is 6.46. The van der Waals surface area contributed by atoms with Gasteiger partial charge in [-0.1, -0.05) is 18.2 Å². The summed E-state index contributed by atoms with van der Waals surface area (Å²) in [5.74, 6) is 0.291. The van der Waals surface area contributed by atoms with E-state index in [0.717, 1.165) is 17.0 Å². The lowest BCUT2D eigenvalue weighted by Crippen LogP contribution is -2.31. The zero-order valence-corrected chi connectivity index (χ0v) is 15.8. The van der Waals surface area contributed by atoms with Crippen molar-refractivity contribution in [3.05, 3.63) is 102 Å². The van der Waals surface area contributed by atoms with Crippen LogP contribution in [-0.2, 0) is 13.1 Å². The Morgan fingerprint density at radius 2 is 1.96 bits per heavy atom. The van der Waals surface area contributed by atoms with E-state index in [1.54, 1.807) is 18.1 Å². The minimum Gasteiger partial charge on any atom is -0.497 e. The minimum absolute atomic E-state index is 0.158. The molecule has 1 heterocycles. The van der Waals surface area contributed by atoms with Gasteiger partial charge in [0, 0.05) is 30.5 Å². The standard InChI is InChI=1S/C23H23FN2O2/c1-3-13-26(23(27)19-9-11-20(24)12-10-19)17-21-7-5-14-25(21)16-18-6-4-8-22(15-18)28-2/h3-12,14-15H,1,13,16-17H2,2H3. The summed E-state index contributed by atoms with van der Waals surface area (Å²) in [6.07, 6.45) is 3.68. The molecule has 5 heteroatoms. The molecule has 0 spiro atoms. The molecule has 0 aliphatic carbocycles. The first-order valence-electron chi connectivity index (χ1n) is 9.03. The van der Waals surface area contributed by atoms with Gasteiger partial charge in [0.1, 0.15) is 11.6 Å². The average Bonchev–Trinajstić information content (AvgIpc) is 3.14. The van der Waals surface area contributed by atoms with Gasteiger partial charge in [-0.2, -0.15) is 0 Å². The van der Waals surface area contributed by atoms with E-state index in [4.69, 9.17) is 4.74 Å². The molecule has 0 saturated heterocycles. The number of halogens is 1. The molecule has 3 aromatic rings. The number of aromatic nitrogens is 1. The maximum atomic E-state index is 13.2. The van der Waals surface area contributed by atoms with Crippen molar-refractivity contribution >= 4 is 5.91 Å². The number of benzene rings is 2. The second-order valence-corrected chi connectivity index (χ2v) is 6.46. The van der Waals surface area contributed by atoms with Crippen molar-refractivity contribution in [2.75, 3.05) is 13.7 Å². The van der Waals surface area contributed by atoms with Crippen LogP contribution in [0.2, 0.25) is 0 Å². The largest absolute Gasteiger partial charge is 0.497 e. The zero-order valence-electron chi connectivity index (χ0n) is 15.8. The Morgan fingerprint density at radius 3 is 2.68 bits per heavy atom. The quantitative estimate of drug-likeness (QED) is 0.541. The fraction of sp³-hybridized carbons (Fsp3) is 0.174. The first-order valence-corrected chi connectivity index (χ1v) is 9.03. The summed E-state index contributed by atoms with van der Waals surface area (Å²) in [5, 5.41) is 0. The van der Waals surface area contributed by atoms with Gasteiger partial charge >= 0.3 is 0 Å². The summed E-state index contributed by atoms with van der Waals surface area (Å²) in [6, 6.07) is 17.5. The highest BCUT2D eigenvalue weighted by Gasteiger charge is 2.17. The summed E-state index contributed by atoms with van der Waals surface area (Å²) in [5.41, 5.74) is 2.56. The summed E-state index contributed by atoms with van der Waals surface area (Å²) in [4.78, 5) is 14.5. The van der Waals surface area contributed by atoms with Crippen LogP contribution in [0, 0.1) is 5.82 Å². The number of hydrogen-bond donors (Lipinski definition) is 0. The number of methoxy groups -OCH3 is 1. The smallest absolute Gasteiger partial charge is 0.254 e. The lowest BCUT2D eigenvalue weighted by atomic mass is 10.2. The molecule has 1 aromatic heterocycles. The van der Waals surface area contributed by atoms with Crippen molar-refractivity contribution in [3.8, 4) is 5.75 Å². The molecule has 0 radical (unpaired) electrons. The van der Waals surface area contributed by atoms with Crippen molar-refractivity contribution < 1.29 is 13.9 Å². The van der Waals surface area contributed by atoms with Gasteiger partial charge < -0.3 is 14.2 Å². The molecule has 0 unspecified atom stereocenters. The maximum Gasteiger partial charge on any atom is 0.254 e. The Morgan fingerprint density at radius 1 is 1.18 bits per heavy atom. The molecule has 1 amide bonds. The molecule has 144 valence electrons. The first-order chi connectivity index (χ1) is 13.6. The highest BCUT2D eigenvalue weighted by Crippen LogP contribution is 2.17. The molecule has 0 saturated carbocycles. The van der Waals surface area contributed by atoms with Crippen molar-refractivity contribution in [3.63, 3.8) is 0 Å². The van der Waals surface area contributed by atoms with Gasteiger partial charge in [0.25, 0.3) is 5.91 Å². The van der Waals surface area contributed by atoms with Crippen molar-refractivity contribution in [1.29, 1.82) is 0 Å². The van der Waals surface area contributed by atoms with Crippen LogP contribution in [0.15, 0.2) is 79.5 Å². The van der Waals surface area contributed by atoms with Gasteiger partial charge in [-0.05, 0) is 54.1 Å². The van der Waals surface area contributed by atoms with Gasteiger partial charge in [0.15, 0.2) is 0 Å². The Kier molecular flexibility index (Phi) is 6.27. The Balaban J connectivity index is 1.78. The van der Waals surface area contributed by atoms with E-state index < -0.39 is 0 Å². The molecular formula is C23H23FN2O2. The van der Waals surface area contributed by atoms with Gasteiger partial charge in [0.2, 0.25) is 0 Å². The van der Waals surface area contributed by atoms with E-state index in [0.29, 0.717) is 25.2 Å². The number of hydrogen-bond acceptors (Lipinski definition) is 2. The van der Waals surface area contributed by atoms with Gasteiger partial charge in [-0.3, -0.25) is 4.79 Å². The first kappa shape index (κ1) is 19.4. The summed E-state index contributed by atoms with van der Waals surface area (Å²) in [6.45, 7) is 5.26. The molecule has 0 aliphatic rings. The molecule has 4 nitrogen and oxygen atoms in total. The highest BCUT2D eigenvalue weighted by atomic mass is 19.1. The van der Waals surface area contributed by atoms with Gasteiger partial charge in [-0.25, -0.2) is 4.39 Å². The van der Waals surface area contributed by atoms with Crippen LogP contribution in [0.5, 0.6) is 5.75 Å². The SMILES string of the molecule is C=CCN(Cc1cccn1Cc1cccc(OC)c1)C(=O)c1ccc(F)cc1. The van der Waals surface area contributed by atoms with Crippen molar-refractivity contribution in [2.45, 2.75) is 13.1 Å². The normalized spacial score (nSPS) is 10.5. The van der Waals surface area contributed by atoms with E-state index in [1.165, 1.54) is 24.3 Å². The molecule has 3 rings (SSSR count). The lowest BCUT2D eigenvalue weighted by Gasteiger charge is -2.22. The molecule has 0 aliphatic heterocycles. The lowest BCUT2D eigenvalue weighted by molar-refractivity contribution is 0.0759. The summed E-state index contributed by atoms with van der Waals surface area (Å²) >= 11 is 0. The van der Waals surface area contributed by atoms with Crippen LogP contribution in [0.1, 0.15) is 21.6 Å². The number of rotatable bonds is 8. The third-order valence-corrected chi connectivity index (χ3v) is 4.49. The van der Waals surface area contributed by atoms with Crippen LogP contribution < -0.4 is 4.74 Å². The number of carbonyl (C=O) groups excluding carboxylic acids is 1. The molecule has 0 fully saturated rings. The van der Waals surface area contributed by atoms with Gasteiger partial charge in [-0.15, -0.1) is 6.58 Å². The van der Waals surface area contributed by atoms with E-state index in [9.17, 15) is 9.18 Å². The van der Waals surface area contributed by atoms with E-state index in [2.05, 4.69) is 11.1 Å². The zero-order chi connectivity index (χ0) is 19.9. The molecule has 2 aromatic carbocycles. The van der Waals surface area contributed by atoms with Crippen LogP contribution in [0.3, 0.4) is 0 Å². The van der Waals surface area contributed by atoms with Crippen molar-refractivity contribution in [2.24, 2.45) is 0 Å². The molecule has 0 N–H and O–H groups in total. The Labute approximate surface area is 164 Å². The summed E-state index contributed by atoms with van der Waals surface area (Å²) in [7, 11) is 1.65. The van der Waals surface area contributed by atoms with E-state index in [1.807, 2.05) is 42.6 Å². The highest BCUT2D eigenvalue weighted by molar-refractivity contribution is 5.94. The predicted octanol–water partition coefficient (Wildman–Crippen LogP) is 4.51. The third-order valence-electron chi connectivity index (χ3n) is 4.49. The number of ether oxygens (including phenoxy) is 1. The maximum absolute atomic E-state index is 13.2. The third kappa shape index (κ3) is 4.68. The molecule has 0 bridgehead atoms. The van der Waals surface area contributed by atoms with Gasteiger partial charge in [0.05, 0.1) is 13.7 Å². The number of carbonyl (C=O) groups is 1. The van der Waals surface area contributed by atoms with E-state index in [-0.39, 0.29) is 11.7 Å². The Hall–Kier alpha value is -3.34. The fourth-order valence-corrected chi connectivity index (χ4v) is 3.06. The average molecular weight is 378 g/mol. The topological polar surface area (TPSA) is 34.5 Å². The second kappa shape index (κ2) is 9.04.